The highest BCUT2D eigenvalue weighted by Gasteiger charge is 2.41. The number of amides is 5. The number of halogens is 1. The Morgan fingerprint density at radius 3 is 2.32 bits per heavy atom. The molecule has 13 heteroatoms. The number of anilines is 3. The molecule has 1 N–H and O–H groups in total. The van der Waals surface area contributed by atoms with Gasteiger partial charge < -0.3 is 10.1 Å². The summed E-state index contributed by atoms with van der Waals surface area (Å²) in [6.45, 7) is 5.94. The summed E-state index contributed by atoms with van der Waals surface area (Å²) in [5.74, 6) is 0.406. The van der Waals surface area contributed by atoms with Crippen LogP contribution in [-0.4, -0.2) is 61.2 Å². The van der Waals surface area contributed by atoms with Gasteiger partial charge in [0.15, 0.2) is 12.4 Å². The van der Waals surface area contributed by atoms with E-state index in [2.05, 4.69) is 42.2 Å². The van der Waals surface area contributed by atoms with E-state index in [1.54, 1.807) is 14.1 Å². The van der Waals surface area contributed by atoms with Gasteiger partial charge in [0.1, 0.15) is 10.8 Å². The molecule has 0 bridgehead atoms. The second-order valence-corrected chi connectivity index (χ2v) is 11.6. The molecule has 0 saturated heterocycles. The first-order valence-corrected chi connectivity index (χ1v) is 13.8. The van der Waals surface area contributed by atoms with Gasteiger partial charge in [-0.05, 0) is 31.7 Å². The first-order valence-electron chi connectivity index (χ1n) is 13.0. The summed E-state index contributed by atoms with van der Waals surface area (Å²) in [7, 11) is 3.26. The number of aromatic nitrogens is 2. The van der Waals surface area contributed by atoms with Gasteiger partial charge in [-0.1, -0.05) is 38.0 Å². The lowest BCUT2D eigenvalue weighted by atomic mass is 9.93. The lowest BCUT2D eigenvalue weighted by molar-refractivity contribution is -0.121. The average Bonchev–Trinajstić information content (AvgIpc) is 3.54. The highest BCUT2D eigenvalue weighted by molar-refractivity contribution is 7.15. The molecule has 41 heavy (non-hydrogen) atoms. The molecule has 0 spiro atoms. The number of nitrogens with one attached hydrogen (secondary N) is 1. The molecule has 1 aromatic heterocycles. The number of benzene rings is 1. The molecule has 0 unspecified atom stereocenters. The Morgan fingerprint density at radius 2 is 1.78 bits per heavy atom. The zero-order valence-corrected chi connectivity index (χ0v) is 24.4. The lowest BCUT2D eigenvalue weighted by Crippen LogP contribution is -2.39. The molecule has 2 aromatic rings. The molecular formula is C28H31FN6O5S. The number of urea groups is 1. The monoisotopic (exact) mass is 582 g/mol. The number of hydrogen-bond donors (Lipinski definition) is 1. The molecule has 1 aromatic carbocycles. The van der Waals surface area contributed by atoms with Crippen LogP contribution in [0.2, 0.25) is 0 Å². The predicted molar refractivity (Wildman–Crippen MR) is 153 cm³/mol. The maximum Gasteiger partial charge on any atom is 0.323 e. The summed E-state index contributed by atoms with van der Waals surface area (Å²) in [4.78, 5) is 52.3. The van der Waals surface area contributed by atoms with Crippen LogP contribution in [0.15, 0.2) is 23.3 Å². The first kappa shape index (κ1) is 29.7. The maximum atomic E-state index is 14.7. The van der Waals surface area contributed by atoms with Crippen LogP contribution in [0.5, 0.6) is 5.75 Å². The molecule has 5 rings (SSSR count). The van der Waals surface area contributed by atoms with E-state index in [0.29, 0.717) is 29.1 Å². The fourth-order valence-corrected chi connectivity index (χ4v) is 5.38. The van der Waals surface area contributed by atoms with Crippen molar-refractivity contribution in [3.8, 4) is 18.1 Å². The second-order valence-electron chi connectivity index (χ2n) is 10.6. The molecule has 11 nitrogen and oxygen atoms in total. The van der Waals surface area contributed by atoms with Crippen molar-refractivity contribution in [2.45, 2.75) is 51.9 Å². The Kier molecular flexibility index (Phi) is 8.44. The van der Waals surface area contributed by atoms with E-state index in [4.69, 9.17) is 11.2 Å². The van der Waals surface area contributed by atoms with Gasteiger partial charge in [-0.15, -0.1) is 16.6 Å². The quantitative estimate of drug-likeness (QED) is 0.434. The van der Waals surface area contributed by atoms with Crippen molar-refractivity contribution in [3.05, 3.63) is 34.1 Å². The number of nitrogens with zero attached hydrogens (tertiary/aromatic N) is 5. The van der Waals surface area contributed by atoms with Gasteiger partial charge in [0.25, 0.3) is 17.7 Å². The lowest BCUT2D eigenvalue weighted by Gasteiger charge is -2.29. The number of fused-ring (bicyclic) bond motifs is 1. The average molecular weight is 583 g/mol. The van der Waals surface area contributed by atoms with Gasteiger partial charge in [0.2, 0.25) is 5.13 Å². The highest BCUT2D eigenvalue weighted by atomic mass is 32.1. The maximum absolute atomic E-state index is 14.7. The third-order valence-electron chi connectivity index (χ3n) is 6.71. The molecule has 1 aliphatic carbocycles. The van der Waals surface area contributed by atoms with Crippen LogP contribution in [0.1, 0.15) is 51.5 Å². The van der Waals surface area contributed by atoms with Crippen molar-refractivity contribution in [3.63, 3.8) is 0 Å². The van der Waals surface area contributed by atoms with Crippen molar-refractivity contribution >= 4 is 51.6 Å². The number of imide groups is 1. The van der Waals surface area contributed by atoms with E-state index < -0.39 is 17.6 Å². The van der Waals surface area contributed by atoms with Crippen LogP contribution in [0.4, 0.5) is 25.7 Å². The normalized spacial score (nSPS) is 16.4. The second kappa shape index (κ2) is 11.7. The number of carbonyl (C=O) groups is 4. The zero-order chi connectivity index (χ0) is 30.1. The van der Waals surface area contributed by atoms with Crippen LogP contribution in [0.25, 0.3) is 0 Å². The van der Waals surface area contributed by atoms with E-state index in [0.717, 1.165) is 28.8 Å². The molecule has 0 radical (unpaired) electrons. The van der Waals surface area contributed by atoms with Crippen molar-refractivity contribution in [2.75, 3.05) is 41.9 Å². The summed E-state index contributed by atoms with van der Waals surface area (Å²) in [6.07, 6.45) is 8.01. The van der Waals surface area contributed by atoms with Crippen molar-refractivity contribution in [1.29, 1.82) is 0 Å². The Hall–Kier alpha value is -4.31. The van der Waals surface area contributed by atoms with Gasteiger partial charge >= 0.3 is 6.03 Å². The fraction of sp³-hybridized carbons (Fsp3) is 0.429. The molecule has 0 saturated carbocycles. The van der Waals surface area contributed by atoms with Gasteiger partial charge in [-0.2, -0.15) is 0 Å². The predicted octanol–water partition coefficient (Wildman–Crippen LogP) is 3.54. The Morgan fingerprint density at radius 1 is 1.15 bits per heavy atom. The largest absolute Gasteiger partial charge is 0.481 e. The molecule has 0 atom stereocenters. The van der Waals surface area contributed by atoms with Gasteiger partial charge in [0, 0.05) is 36.7 Å². The standard InChI is InChI=1S/C19H15FN2O4.C9H16N4OS/c1-2-7-21-15-9-14(13(20)8-16(15)26-10-17(21)23)22-18(24)11-5-3-4-6-12(11)19(22)25;1-9(2,3)6-11-12-8(15-6)13(5)7(14)10-4/h1,8-9H,3-7,10H2;1-5H3,(H,10,14). The topological polar surface area (TPSA) is 125 Å². The first-order chi connectivity index (χ1) is 19.4. The number of ether oxygens (including phenoxy) is 1. The van der Waals surface area contributed by atoms with Gasteiger partial charge in [-0.3, -0.25) is 24.2 Å². The SMILES string of the molecule is C#CCN1C(=O)COc2cc(F)c(N3C(=O)C4=C(CCCC4)C3=O)cc21.CNC(=O)N(C)c1nnc(C(C)(C)C)s1. The van der Waals surface area contributed by atoms with Crippen molar-refractivity contribution in [1.82, 2.24) is 15.5 Å². The minimum atomic E-state index is -0.764. The molecule has 5 amide bonds. The molecule has 2 aliphatic heterocycles. The van der Waals surface area contributed by atoms with Gasteiger partial charge in [0.05, 0.1) is 17.9 Å². The Bertz CT molecular complexity index is 1460. The summed E-state index contributed by atoms with van der Waals surface area (Å²) in [5, 5.41) is 12.1. The highest BCUT2D eigenvalue weighted by Crippen LogP contribution is 2.41. The number of terminal acetylenes is 1. The zero-order valence-electron chi connectivity index (χ0n) is 23.5. The van der Waals surface area contributed by atoms with E-state index in [1.807, 2.05) is 0 Å². The van der Waals surface area contributed by atoms with Crippen molar-refractivity contribution in [2.24, 2.45) is 0 Å². The molecular weight excluding hydrogens is 551 g/mol. The van der Waals surface area contributed by atoms with E-state index in [-0.39, 0.29) is 47.6 Å². The van der Waals surface area contributed by atoms with E-state index in [1.165, 1.54) is 27.2 Å². The summed E-state index contributed by atoms with van der Waals surface area (Å²) >= 11 is 1.43. The smallest absolute Gasteiger partial charge is 0.323 e. The van der Waals surface area contributed by atoms with Crippen LogP contribution >= 0.6 is 11.3 Å². The third-order valence-corrected chi connectivity index (χ3v) is 8.14. The third kappa shape index (κ3) is 5.78. The van der Waals surface area contributed by atoms with Crippen LogP contribution < -0.4 is 24.8 Å². The number of rotatable bonds is 3. The molecule has 0 fully saturated rings. The summed E-state index contributed by atoms with van der Waals surface area (Å²) in [5.41, 5.74) is 0.964. The molecule has 3 heterocycles. The molecule has 3 aliphatic rings. The van der Waals surface area contributed by atoms with E-state index >= 15 is 0 Å². The van der Waals surface area contributed by atoms with Crippen LogP contribution in [0, 0.1) is 18.2 Å². The summed E-state index contributed by atoms with van der Waals surface area (Å²) < 4.78 is 19.9. The Labute approximate surface area is 241 Å². The van der Waals surface area contributed by atoms with Gasteiger partial charge in [-0.25, -0.2) is 14.1 Å². The molecule has 216 valence electrons. The summed E-state index contributed by atoms with van der Waals surface area (Å²) in [6, 6.07) is 2.18. The Balaban J connectivity index is 0.000000221. The number of carbonyl (C=O) groups excluding carboxylic acids is 4. The number of hydrogen-bond acceptors (Lipinski definition) is 8. The minimum absolute atomic E-state index is 0.0170. The van der Waals surface area contributed by atoms with Crippen LogP contribution in [0.3, 0.4) is 0 Å². The van der Waals surface area contributed by atoms with Crippen LogP contribution in [-0.2, 0) is 19.8 Å². The van der Waals surface area contributed by atoms with E-state index in [9.17, 15) is 23.6 Å². The minimum Gasteiger partial charge on any atom is -0.481 e. The van der Waals surface area contributed by atoms with Crippen molar-refractivity contribution < 1.29 is 28.3 Å². The fourth-order valence-electron chi connectivity index (χ4n) is 4.51.